The number of nitrogens with zero attached hydrogens (tertiary/aromatic N) is 1. The summed E-state index contributed by atoms with van der Waals surface area (Å²) in [6.07, 6.45) is 3.29. The van der Waals surface area contributed by atoms with Gasteiger partial charge in [0.1, 0.15) is 0 Å². The zero-order valence-corrected chi connectivity index (χ0v) is 11.4. The molecular formula is C14H22N2O2. The molecule has 0 atom stereocenters. The van der Waals surface area contributed by atoms with Gasteiger partial charge in [0, 0.05) is 30.6 Å². The first-order chi connectivity index (χ1) is 8.44. The van der Waals surface area contributed by atoms with Crippen molar-refractivity contribution in [2.24, 2.45) is 5.41 Å². The maximum atomic E-state index is 11.9. The minimum atomic E-state index is -0.0717. The van der Waals surface area contributed by atoms with Crippen LogP contribution in [0, 0.1) is 12.3 Å². The summed E-state index contributed by atoms with van der Waals surface area (Å²) in [4.78, 5) is 16.0. The second-order valence-corrected chi connectivity index (χ2v) is 5.36. The van der Waals surface area contributed by atoms with Gasteiger partial charge in [-0.25, -0.2) is 0 Å². The van der Waals surface area contributed by atoms with Crippen LogP contribution in [0.5, 0.6) is 0 Å². The van der Waals surface area contributed by atoms with E-state index in [1.807, 2.05) is 6.92 Å². The number of aryl methyl sites for hydroxylation is 1. The van der Waals surface area contributed by atoms with Gasteiger partial charge in [0.2, 0.25) is 0 Å². The largest absolute Gasteiger partial charge is 0.396 e. The standard InChI is InChI=1S/C14H22N2O2/c1-11-9-12(5-7-15-11)13(18)16-10-14(2,3)6-4-8-17/h5,7,9,17H,4,6,8,10H2,1-3H3,(H,16,18). The van der Waals surface area contributed by atoms with Crippen molar-refractivity contribution >= 4 is 5.91 Å². The van der Waals surface area contributed by atoms with E-state index in [-0.39, 0.29) is 17.9 Å². The van der Waals surface area contributed by atoms with E-state index < -0.39 is 0 Å². The number of carbonyl (C=O) groups excluding carboxylic acids is 1. The van der Waals surface area contributed by atoms with E-state index in [0.29, 0.717) is 12.1 Å². The molecule has 1 aromatic rings. The minimum Gasteiger partial charge on any atom is -0.396 e. The van der Waals surface area contributed by atoms with E-state index in [0.717, 1.165) is 18.5 Å². The van der Waals surface area contributed by atoms with Crippen molar-refractivity contribution < 1.29 is 9.90 Å². The van der Waals surface area contributed by atoms with E-state index in [1.54, 1.807) is 18.3 Å². The van der Waals surface area contributed by atoms with Crippen molar-refractivity contribution in [2.75, 3.05) is 13.2 Å². The number of amides is 1. The van der Waals surface area contributed by atoms with Crippen LogP contribution in [0.25, 0.3) is 0 Å². The number of nitrogens with one attached hydrogen (secondary N) is 1. The SMILES string of the molecule is Cc1cc(C(=O)NCC(C)(C)CCCO)ccn1. The minimum absolute atomic E-state index is 0.000461. The number of rotatable bonds is 6. The third-order valence-electron chi connectivity index (χ3n) is 2.90. The van der Waals surface area contributed by atoms with Crippen LogP contribution in [-0.4, -0.2) is 29.1 Å². The number of pyridine rings is 1. The lowest BCUT2D eigenvalue weighted by Crippen LogP contribution is -2.34. The maximum Gasteiger partial charge on any atom is 0.251 e. The normalized spacial score (nSPS) is 11.3. The molecule has 0 aliphatic heterocycles. The summed E-state index contributed by atoms with van der Waals surface area (Å²) in [6, 6.07) is 3.49. The fraction of sp³-hybridized carbons (Fsp3) is 0.571. The van der Waals surface area contributed by atoms with Gasteiger partial charge in [-0.2, -0.15) is 0 Å². The highest BCUT2D eigenvalue weighted by Crippen LogP contribution is 2.20. The van der Waals surface area contributed by atoms with E-state index in [4.69, 9.17) is 5.11 Å². The molecule has 0 aromatic carbocycles. The molecule has 0 bridgehead atoms. The Morgan fingerprint density at radius 3 is 2.83 bits per heavy atom. The van der Waals surface area contributed by atoms with Crippen LogP contribution in [0.1, 0.15) is 42.7 Å². The van der Waals surface area contributed by atoms with Crippen LogP contribution in [-0.2, 0) is 0 Å². The first-order valence-corrected chi connectivity index (χ1v) is 6.26. The highest BCUT2D eigenvalue weighted by molar-refractivity contribution is 5.94. The Kier molecular flexibility index (Phi) is 5.28. The highest BCUT2D eigenvalue weighted by Gasteiger charge is 2.18. The second-order valence-electron chi connectivity index (χ2n) is 5.36. The monoisotopic (exact) mass is 250 g/mol. The fourth-order valence-corrected chi connectivity index (χ4v) is 1.75. The van der Waals surface area contributed by atoms with E-state index >= 15 is 0 Å². The van der Waals surface area contributed by atoms with Gasteiger partial charge >= 0.3 is 0 Å². The quantitative estimate of drug-likeness (QED) is 0.810. The third kappa shape index (κ3) is 4.84. The van der Waals surface area contributed by atoms with Crippen LogP contribution in [0.4, 0.5) is 0 Å². The summed E-state index contributed by atoms with van der Waals surface area (Å²) in [5.41, 5.74) is 1.48. The molecule has 100 valence electrons. The molecule has 1 aromatic heterocycles. The molecule has 1 amide bonds. The topological polar surface area (TPSA) is 62.2 Å². The lowest BCUT2D eigenvalue weighted by molar-refractivity contribution is 0.0932. The van der Waals surface area contributed by atoms with Crippen molar-refractivity contribution in [3.05, 3.63) is 29.6 Å². The van der Waals surface area contributed by atoms with Crippen LogP contribution in [0.3, 0.4) is 0 Å². The first-order valence-electron chi connectivity index (χ1n) is 6.26. The number of aliphatic hydroxyl groups excluding tert-OH is 1. The smallest absolute Gasteiger partial charge is 0.251 e. The molecule has 0 fully saturated rings. The van der Waals surface area contributed by atoms with Crippen LogP contribution < -0.4 is 5.32 Å². The van der Waals surface area contributed by atoms with Crippen molar-refractivity contribution in [3.8, 4) is 0 Å². The van der Waals surface area contributed by atoms with Gasteiger partial charge in [0.05, 0.1) is 0 Å². The Bertz CT molecular complexity index is 403. The van der Waals surface area contributed by atoms with Gasteiger partial charge in [-0.3, -0.25) is 9.78 Å². The summed E-state index contributed by atoms with van der Waals surface area (Å²) in [7, 11) is 0. The summed E-state index contributed by atoms with van der Waals surface area (Å²) in [5.74, 6) is -0.0717. The van der Waals surface area contributed by atoms with Crippen LogP contribution >= 0.6 is 0 Å². The van der Waals surface area contributed by atoms with Gasteiger partial charge in [0.15, 0.2) is 0 Å². The molecule has 2 N–H and O–H groups in total. The van der Waals surface area contributed by atoms with Crippen molar-refractivity contribution in [1.82, 2.24) is 10.3 Å². The zero-order chi connectivity index (χ0) is 13.6. The molecule has 4 heteroatoms. The van der Waals surface area contributed by atoms with Gasteiger partial charge < -0.3 is 10.4 Å². The molecule has 0 spiro atoms. The Hall–Kier alpha value is -1.42. The zero-order valence-electron chi connectivity index (χ0n) is 11.4. The maximum absolute atomic E-state index is 11.9. The van der Waals surface area contributed by atoms with E-state index in [2.05, 4.69) is 24.1 Å². The van der Waals surface area contributed by atoms with Crippen molar-refractivity contribution in [2.45, 2.75) is 33.6 Å². The van der Waals surface area contributed by atoms with E-state index in [1.165, 1.54) is 0 Å². The number of aliphatic hydroxyl groups is 1. The van der Waals surface area contributed by atoms with Gasteiger partial charge in [-0.15, -0.1) is 0 Å². The third-order valence-corrected chi connectivity index (χ3v) is 2.90. The van der Waals surface area contributed by atoms with Crippen LogP contribution in [0.15, 0.2) is 18.3 Å². The number of carbonyl (C=O) groups is 1. The first kappa shape index (κ1) is 14.6. The van der Waals surface area contributed by atoms with Gasteiger partial charge in [-0.05, 0) is 37.3 Å². The molecule has 0 saturated heterocycles. The van der Waals surface area contributed by atoms with Crippen LogP contribution in [0.2, 0.25) is 0 Å². The Balaban J connectivity index is 2.50. The lowest BCUT2D eigenvalue weighted by Gasteiger charge is -2.24. The average molecular weight is 250 g/mol. The molecule has 1 heterocycles. The number of hydrogen-bond donors (Lipinski definition) is 2. The summed E-state index contributed by atoms with van der Waals surface area (Å²) < 4.78 is 0. The molecule has 0 radical (unpaired) electrons. The average Bonchev–Trinajstić information content (AvgIpc) is 2.34. The summed E-state index contributed by atoms with van der Waals surface area (Å²) in [6.45, 7) is 6.83. The number of hydrogen-bond acceptors (Lipinski definition) is 3. The molecule has 0 saturated carbocycles. The molecule has 18 heavy (non-hydrogen) atoms. The predicted octanol–water partition coefficient (Wildman–Crippen LogP) is 1.92. The fourth-order valence-electron chi connectivity index (χ4n) is 1.75. The molecule has 0 aliphatic carbocycles. The Labute approximate surface area is 108 Å². The highest BCUT2D eigenvalue weighted by atomic mass is 16.2. The van der Waals surface area contributed by atoms with Crippen molar-refractivity contribution in [1.29, 1.82) is 0 Å². The summed E-state index contributed by atoms with van der Waals surface area (Å²) in [5, 5.41) is 11.7. The second kappa shape index (κ2) is 6.50. The molecule has 1 rings (SSSR count). The number of aromatic nitrogens is 1. The molecule has 0 aliphatic rings. The van der Waals surface area contributed by atoms with Crippen molar-refractivity contribution in [3.63, 3.8) is 0 Å². The Morgan fingerprint density at radius 2 is 2.22 bits per heavy atom. The van der Waals surface area contributed by atoms with Gasteiger partial charge in [0.25, 0.3) is 5.91 Å². The Morgan fingerprint density at radius 1 is 1.50 bits per heavy atom. The molecular weight excluding hydrogens is 228 g/mol. The van der Waals surface area contributed by atoms with E-state index in [9.17, 15) is 4.79 Å². The lowest BCUT2D eigenvalue weighted by atomic mass is 9.88. The predicted molar refractivity (Wildman–Crippen MR) is 71.4 cm³/mol. The summed E-state index contributed by atoms with van der Waals surface area (Å²) >= 11 is 0. The van der Waals surface area contributed by atoms with Gasteiger partial charge in [-0.1, -0.05) is 13.8 Å². The molecule has 0 unspecified atom stereocenters. The molecule has 4 nitrogen and oxygen atoms in total.